The average Bonchev–Trinajstić information content (AvgIpc) is 2.77. The van der Waals surface area contributed by atoms with Crippen molar-refractivity contribution in [3.63, 3.8) is 0 Å². The van der Waals surface area contributed by atoms with E-state index in [9.17, 15) is 4.79 Å². The molecule has 5 nitrogen and oxygen atoms in total. The Hall–Kier alpha value is -2.29. The van der Waals surface area contributed by atoms with Gasteiger partial charge in [-0.3, -0.25) is 4.79 Å². The summed E-state index contributed by atoms with van der Waals surface area (Å²) in [6.45, 7) is 0.638. The molecule has 0 aromatic heterocycles. The van der Waals surface area contributed by atoms with Crippen LogP contribution in [-0.2, 0) is 14.3 Å². The van der Waals surface area contributed by atoms with Crippen LogP contribution in [0.1, 0.15) is 68.4 Å². The number of hydrogen-bond acceptors (Lipinski definition) is 4. The molecule has 0 radical (unpaired) electrons. The number of benzene rings is 1. The molecule has 1 aromatic rings. The lowest BCUT2D eigenvalue weighted by atomic mass is 9.92. The fourth-order valence-corrected chi connectivity index (χ4v) is 3.91. The summed E-state index contributed by atoms with van der Waals surface area (Å²) in [5.41, 5.74) is 1.91. The number of aliphatic hydroxyl groups is 1. The summed E-state index contributed by atoms with van der Waals surface area (Å²) < 4.78 is 11.8. The first-order valence-electron chi connectivity index (χ1n) is 10.7. The zero-order chi connectivity index (χ0) is 20.5. The Labute approximate surface area is 173 Å². The highest BCUT2D eigenvalue weighted by molar-refractivity contribution is 5.92. The van der Waals surface area contributed by atoms with Gasteiger partial charge in [0, 0.05) is 30.6 Å². The molecular formula is C24H31NO4. The summed E-state index contributed by atoms with van der Waals surface area (Å²) in [5.74, 6) is 2.82. The number of aliphatic hydroxyl groups excluding tert-OH is 1. The number of ether oxygens (including phenoxy) is 2. The number of rotatable bonds is 8. The number of allylic oxidation sites excluding steroid dienone is 1. The van der Waals surface area contributed by atoms with E-state index in [2.05, 4.69) is 11.2 Å². The number of nitrogens with one attached hydrogen (secondary N) is 1. The SMILES string of the molecule is C#Cc1ccc([C@H]2C=C(C(=O)NC3CCCCC3)O[C@@H](OCCCCO)C2)cc1. The van der Waals surface area contributed by atoms with E-state index in [4.69, 9.17) is 21.0 Å². The van der Waals surface area contributed by atoms with Crippen LogP contribution in [0.5, 0.6) is 0 Å². The Balaban J connectivity index is 1.70. The van der Waals surface area contributed by atoms with E-state index < -0.39 is 6.29 Å². The topological polar surface area (TPSA) is 67.8 Å². The molecular weight excluding hydrogens is 366 g/mol. The van der Waals surface area contributed by atoms with E-state index in [-0.39, 0.29) is 24.5 Å². The molecule has 29 heavy (non-hydrogen) atoms. The lowest BCUT2D eigenvalue weighted by molar-refractivity contribution is -0.147. The van der Waals surface area contributed by atoms with E-state index >= 15 is 0 Å². The maximum atomic E-state index is 12.8. The minimum atomic E-state index is -0.483. The Morgan fingerprint density at radius 2 is 1.97 bits per heavy atom. The highest BCUT2D eigenvalue weighted by atomic mass is 16.7. The molecule has 0 unspecified atom stereocenters. The first-order valence-corrected chi connectivity index (χ1v) is 10.7. The zero-order valence-corrected chi connectivity index (χ0v) is 16.9. The molecule has 1 saturated carbocycles. The first kappa shape index (κ1) is 21.4. The number of unbranched alkanes of at least 4 members (excludes halogenated alkanes) is 1. The summed E-state index contributed by atoms with van der Waals surface area (Å²) in [6, 6.07) is 8.05. The van der Waals surface area contributed by atoms with Crippen LogP contribution in [-0.4, -0.2) is 36.6 Å². The minimum absolute atomic E-state index is 0.0190. The second kappa shape index (κ2) is 11.0. The van der Waals surface area contributed by atoms with Gasteiger partial charge in [-0.15, -0.1) is 6.42 Å². The van der Waals surface area contributed by atoms with Crippen molar-refractivity contribution in [3.8, 4) is 12.3 Å². The van der Waals surface area contributed by atoms with Crippen LogP contribution in [0.15, 0.2) is 36.1 Å². The molecule has 2 atom stereocenters. The molecule has 0 bridgehead atoms. The fraction of sp³-hybridized carbons (Fsp3) is 0.542. The van der Waals surface area contributed by atoms with Crippen LogP contribution in [0.2, 0.25) is 0 Å². The third-order valence-corrected chi connectivity index (χ3v) is 5.58. The van der Waals surface area contributed by atoms with Crippen molar-refractivity contribution in [1.82, 2.24) is 5.32 Å². The molecule has 1 amide bonds. The van der Waals surface area contributed by atoms with Crippen molar-refractivity contribution >= 4 is 5.91 Å². The molecule has 2 aliphatic rings. The minimum Gasteiger partial charge on any atom is -0.459 e. The Kier molecular flexibility index (Phi) is 8.15. The van der Waals surface area contributed by atoms with Gasteiger partial charge in [0.25, 0.3) is 5.91 Å². The van der Waals surface area contributed by atoms with Gasteiger partial charge in [-0.05, 0) is 49.5 Å². The summed E-state index contributed by atoms with van der Waals surface area (Å²) in [5, 5.41) is 12.1. The van der Waals surface area contributed by atoms with Crippen molar-refractivity contribution in [1.29, 1.82) is 0 Å². The van der Waals surface area contributed by atoms with E-state index in [1.807, 2.05) is 30.3 Å². The predicted octanol–water partition coefficient (Wildman–Crippen LogP) is 3.62. The number of carbonyl (C=O) groups excluding carboxylic acids is 1. The number of terminal acetylenes is 1. The number of amides is 1. The van der Waals surface area contributed by atoms with Gasteiger partial charge >= 0.3 is 0 Å². The van der Waals surface area contributed by atoms with Gasteiger partial charge in [-0.2, -0.15) is 0 Å². The second-order valence-electron chi connectivity index (χ2n) is 7.80. The second-order valence-corrected chi connectivity index (χ2v) is 7.80. The largest absolute Gasteiger partial charge is 0.459 e. The predicted molar refractivity (Wildman–Crippen MR) is 112 cm³/mol. The standard InChI is InChI=1S/C24H31NO4/c1-2-18-10-12-19(13-11-18)20-16-22(24(27)25-21-8-4-3-5-9-21)29-23(17-20)28-15-7-6-14-26/h1,10-13,16,20-21,23,26H,3-9,14-15,17H2,(H,25,27)/t20-,23+/m0/s1. The molecule has 0 saturated heterocycles. The Bertz CT molecular complexity index is 728. The summed E-state index contributed by atoms with van der Waals surface area (Å²) >= 11 is 0. The average molecular weight is 398 g/mol. The quantitative estimate of drug-likeness (QED) is 0.519. The van der Waals surface area contributed by atoms with Crippen LogP contribution >= 0.6 is 0 Å². The van der Waals surface area contributed by atoms with Crippen LogP contribution in [0.4, 0.5) is 0 Å². The summed E-state index contributed by atoms with van der Waals surface area (Å²) in [4.78, 5) is 12.8. The van der Waals surface area contributed by atoms with Crippen molar-refractivity contribution in [3.05, 3.63) is 47.2 Å². The smallest absolute Gasteiger partial charge is 0.286 e. The van der Waals surface area contributed by atoms with Crippen LogP contribution in [0.3, 0.4) is 0 Å². The molecule has 3 rings (SSSR count). The highest BCUT2D eigenvalue weighted by Gasteiger charge is 2.29. The Morgan fingerprint density at radius 1 is 1.21 bits per heavy atom. The molecule has 1 aliphatic carbocycles. The molecule has 156 valence electrons. The third kappa shape index (κ3) is 6.35. The zero-order valence-electron chi connectivity index (χ0n) is 16.9. The Morgan fingerprint density at radius 3 is 2.66 bits per heavy atom. The van der Waals surface area contributed by atoms with E-state index in [1.54, 1.807) is 0 Å². The molecule has 1 aliphatic heterocycles. The van der Waals surface area contributed by atoms with Crippen LogP contribution < -0.4 is 5.32 Å². The number of carbonyl (C=O) groups is 1. The lowest BCUT2D eigenvalue weighted by Crippen LogP contribution is -2.39. The molecule has 1 aromatic carbocycles. The highest BCUT2D eigenvalue weighted by Crippen LogP contribution is 2.32. The van der Waals surface area contributed by atoms with E-state index in [1.165, 1.54) is 6.42 Å². The van der Waals surface area contributed by atoms with Gasteiger partial charge in [0.15, 0.2) is 5.76 Å². The van der Waals surface area contributed by atoms with Gasteiger partial charge < -0.3 is 19.9 Å². The maximum absolute atomic E-state index is 12.8. The van der Waals surface area contributed by atoms with Gasteiger partial charge in [-0.1, -0.05) is 37.3 Å². The number of hydrogen-bond donors (Lipinski definition) is 2. The molecule has 5 heteroatoms. The third-order valence-electron chi connectivity index (χ3n) is 5.58. The van der Waals surface area contributed by atoms with Crippen molar-refractivity contribution in [2.24, 2.45) is 0 Å². The lowest BCUT2D eigenvalue weighted by Gasteiger charge is -2.30. The van der Waals surface area contributed by atoms with Gasteiger partial charge in [0.05, 0.1) is 6.61 Å². The van der Waals surface area contributed by atoms with E-state index in [0.717, 1.165) is 43.2 Å². The summed E-state index contributed by atoms with van der Waals surface area (Å²) in [6.07, 6.45) is 14.6. The summed E-state index contributed by atoms with van der Waals surface area (Å²) in [7, 11) is 0. The van der Waals surface area contributed by atoms with Crippen LogP contribution in [0.25, 0.3) is 0 Å². The van der Waals surface area contributed by atoms with Crippen molar-refractivity contribution in [2.45, 2.75) is 69.6 Å². The normalized spacial score (nSPS) is 22.3. The monoisotopic (exact) mass is 397 g/mol. The van der Waals surface area contributed by atoms with E-state index in [0.29, 0.717) is 25.2 Å². The molecule has 2 N–H and O–H groups in total. The molecule has 0 spiro atoms. The molecule has 1 fully saturated rings. The van der Waals surface area contributed by atoms with Crippen molar-refractivity contribution < 1.29 is 19.4 Å². The molecule has 1 heterocycles. The van der Waals surface area contributed by atoms with Crippen molar-refractivity contribution in [2.75, 3.05) is 13.2 Å². The first-order chi connectivity index (χ1) is 14.2. The fourth-order valence-electron chi connectivity index (χ4n) is 3.91. The maximum Gasteiger partial charge on any atom is 0.286 e. The van der Waals surface area contributed by atoms with Crippen LogP contribution in [0, 0.1) is 12.3 Å². The van der Waals surface area contributed by atoms with Gasteiger partial charge in [0.2, 0.25) is 6.29 Å². The van der Waals surface area contributed by atoms with Gasteiger partial charge in [0.1, 0.15) is 0 Å². The van der Waals surface area contributed by atoms with Gasteiger partial charge in [-0.25, -0.2) is 0 Å².